The number of hydrogen-bond donors (Lipinski definition) is 1. The lowest BCUT2D eigenvalue weighted by molar-refractivity contribution is -0.136. The van der Waals surface area contributed by atoms with Crippen molar-refractivity contribution in [1.29, 1.82) is 0 Å². The summed E-state index contributed by atoms with van der Waals surface area (Å²) >= 11 is 0. The number of fused-ring (bicyclic) bond motifs is 1. The van der Waals surface area contributed by atoms with E-state index in [1.165, 1.54) is 44.9 Å². The highest BCUT2D eigenvalue weighted by Crippen LogP contribution is 2.39. The van der Waals surface area contributed by atoms with Crippen molar-refractivity contribution in [3.63, 3.8) is 0 Å². The van der Waals surface area contributed by atoms with Gasteiger partial charge in [-0.05, 0) is 56.3 Å². The molecule has 0 bridgehead atoms. The molecule has 3 rings (SSSR count). The Hall–Kier alpha value is -0.570. The first kappa shape index (κ1) is 15.3. The van der Waals surface area contributed by atoms with E-state index in [2.05, 4.69) is 11.8 Å². The summed E-state index contributed by atoms with van der Waals surface area (Å²) in [5, 5.41) is 0. The highest BCUT2D eigenvalue weighted by atomic mass is 16.2. The van der Waals surface area contributed by atoms with Crippen LogP contribution in [0.1, 0.15) is 64.7 Å². The average Bonchev–Trinajstić information content (AvgIpc) is 3.07. The van der Waals surface area contributed by atoms with E-state index in [1.54, 1.807) is 0 Å². The molecule has 2 aliphatic carbocycles. The Bertz CT molecular complexity index is 362. The fourth-order valence-electron chi connectivity index (χ4n) is 4.94. The van der Waals surface area contributed by atoms with Crippen molar-refractivity contribution >= 4 is 5.91 Å². The summed E-state index contributed by atoms with van der Waals surface area (Å²) in [6.07, 6.45) is 11.2. The Kier molecular flexibility index (Phi) is 4.88. The first-order chi connectivity index (χ1) is 10.2. The van der Waals surface area contributed by atoms with Gasteiger partial charge in [0, 0.05) is 25.0 Å². The quantitative estimate of drug-likeness (QED) is 0.865. The molecule has 1 aliphatic heterocycles. The molecule has 1 heterocycles. The molecule has 3 unspecified atom stereocenters. The van der Waals surface area contributed by atoms with Crippen LogP contribution in [0.25, 0.3) is 0 Å². The first-order valence-corrected chi connectivity index (χ1v) is 9.23. The van der Waals surface area contributed by atoms with Gasteiger partial charge in [-0.1, -0.05) is 26.2 Å². The van der Waals surface area contributed by atoms with E-state index in [1.807, 2.05) is 0 Å². The van der Waals surface area contributed by atoms with Crippen LogP contribution in [0.5, 0.6) is 0 Å². The number of amides is 1. The summed E-state index contributed by atoms with van der Waals surface area (Å²) in [6, 6.07) is 0.345. The van der Waals surface area contributed by atoms with Crippen molar-refractivity contribution in [2.24, 2.45) is 29.4 Å². The summed E-state index contributed by atoms with van der Waals surface area (Å²) in [5.41, 5.74) is 6.19. The molecule has 1 amide bonds. The molecule has 0 radical (unpaired) electrons. The number of unbranched alkanes of at least 4 members (excludes halogenated alkanes) is 1. The van der Waals surface area contributed by atoms with Gasteiger partial charge in [0.2, 0.25) is 5.91 Å². The zero-order valence-corrected chi connectivity index (χ0v) is 13.6. The minimum atomic E-state index is 0.318. The number of nitrogens with zero attached hydrogens (tertiary/aromatic N) is 1. The van der Waals surface area contributed by atoms with Crippen molar-refractivity contribution in [2.75, 3.05) is 13.1 Å². The van der Waals surface area contributed by atoms with E-state index in [-0.39, 0.29) is 0 Å². The molecule has 1 saturated heterocycles. The number of nitrogens with two attached hydrogens (primary N) is 1. The van der Waals surface area contributed by atoms with Crippen molar-refractivity contribution in [3.8, 4) is 0 Å². The predicted molar refractivity (Wildman–Crippen MR) is 85.7 cm³/mol. The molecule has 3 nitrogen and oxygen atoms in total. The van der Waals surface area contributed by atoms with Crippen LogP contribution in [-0.2, 0) is 4.79 Å². The molecule has 2 saturated carbocycles. The third-order valence-corrected chi connectivity index (χ3v) is 6.39. The van der Waals surface area contributed by atoms with Crippen LogP contribution in [0, 0.1) is 23.7 Å². The number of rotatable bonds is 4. The Morgan fingerprint density at radius 1 is 1.10 bits per heavy atom. The van der Waals surface area contributed by atoms with E-state index in [0.717, 1.165) is 31.8 Å². The van der Waals surface area contributed by atoms with Crippen LogP contribution in [-0.4, -0.2) is 29.9 Å². The minimum Gasteiger partial charge on any atom is -0.342 e. The van der Waals surface area contributed by atoms with E-state index >= 15 is 0 Å². The first-order valence-electron chi connectivity index (χ1n) is 9.23. The maximum atomic E-state index is 12.7. The molecular formula is C18H32N2O. The number of carbonyl (C=O) groups excluding carboxylic acids is 1. The highest BCUT2D eigenvalue weighted by molar-refractivity contribution is 5.79. The topological polar surface area (TPSA) is 46.3 Å². The Balaban J connectivity index is 1.47. The number of likely N-dealkylation sites (tertiary alicyclic amines) is 1. The van der Waals surface area contributed by atoms with Crippen LogP contribution in [0.4, 0.5) is 0 Å². The van der Waals surface area contributed by atoms with Crippen molar-refractivity contribution in [2.45, 2.75) is 70.8 Å². The Labute approximate surface area is 129 Å². The summed E-state index contributed by atoms with van der Waals surface area (Å²) < 4.78 is 0. The van der Waals surface area contributed by atoms with Crippen LogP contribution in [0.3, 0.4) is 0 Å². The van der Waals surface area contributed by atoms with Crippen molar-refractivity contribution in [1.82, 2.24) is 4.90 Å². The second-order valence-electron chi connectivity index (χ2n) is 7.77. The molecular weight excluding hydrogens is 260 g/mol. The number of hydrogen-bond acceptors (Lipinski definition) is 2. The van der Waals surface area contributed by atoms with E-state index < -0.39 is 0 Å². The van der Waals surface area contributed by atoms with Crippen LogP contribution in [0.2, 0.25) is 0 Å². The fourth-order valence-corrected chi connectivity index (χ4v) is 4.94. The third-order valence-electron chi connectivity index (χ3n) is 6.39. The van der Waals surface area contributed by atoms with Gasteiger partial charge in [0.15, 0.2) is 0 Å². The maximum absolute atomic E-state index is 12.7. The SMILES string of the molecule is CCCCC1CCC(C(=O)N2CC3CCC(N)C3C2)CC1. The van der Waals surface area contributed by atoms with Gasteiger partial charge in [0.1, 0.15) is 0 Å². The molecule has 0 spiro atoms. The molecule has 0 aromatic heterocycles. The molecule has 0 aromatic carbocycles. The lowest BCUT2D eigenvalue weighted by Crippen LogP contribution is -2.38. The molecule has 3 fully saturated rings. The fraction of sp³-hybridized carbons (Fsp3) is 0.944. The maximum Gasteiger partial charge on any atom is 0.225 e. The Morgan fingerprint density at radius 3 is 2.52 bits per heavy atom. The van der Waals surface area contributed by atoms with Crippen LogP contribution in [0.15, 0.2) is 0 Å². The van der Waals surface area contributed by atoms with Gasteiger partial charge in [0.05, 0.1) is 0 Å². The molecule has 2 N–H and O–H groups in total. The molecule has 3 atom stereocenters. The lowest BCUT2D eigenvalue weighted by Gasteiger charge is -2.31. The van der Waals surface area contributed by atoms with Gasteiger partial charge in [-0.15, -0.1) is 0 Å². The van der Waals surface area contributed by atoms with E-state index in [4.69, 9.17) is 5.73 Å². The van der Waals surface area contributed by atoms with Gasteiger partial charge < -0.3 is 10.6 Å². The largest absolute Gasteiger partial charge is 0.342 e. The summed E-state index contributed by atoms with van der Waals surface area (Å²) in [5.74, 6) is 2.95. The van der Waals surface area contributed by atoms with E-state index in [0.29, 0.717) is 29.7 Å². The summed E-state index contributed by atoms with van der Waals surface area (Å²) in [7, 11) is 0. The highest BCUT2D eigenvalue weighted by Gasteiger charge is 2.43. The lowest BCUT2D eigenvalue weighted by atomic mass is 9.79. The zero-order valence-electron chi connectivity index (χ0n) is 13.6. The summed E-state index contributed by atoms with van der Waals surface area (Å²) in [6.45, 7) is 4.21. The number of carbonyl (C=O) groups is 1. The minimum absolute atomic E-state index is 0.318. The predicted octanol–water partition coefficient (Wildman–Crippen LogP) is 3.18. The van der Waals surface area contributed by atoms with Gasteiger partial charge in [-0.3, -0.25) is 4.79 Å². The van der Waals surface area contributed by atoms with Gasteiger partial charge in [-0.25, -0.2) is 0 Å². The van der Waals surface area contributed by atoms with Gasteiger partial charge >= 0.3 is 0 Å². The van der Waals surface area contributed by atoms with Crippen molar-refractivity contribution in [3.05, 3.63) is 0 Å². The summed E-state index contributed by atoms with van der Waals surface area (Å²) in [4.78, 5) is 14.9. The molecule has 120 valence electrons. The average molecular weight is 292 g/mol. The van der Waals surface area contributed by atoms with Gasteiger partial charge in [0.25, 0.3) is 0 Å². The van der Waals surface area contributed by atoms with Gasteiger partial charge in [-0.2, -0.15) is 0 Å². The monoisotopic (exact) mass is 292 g/mol. The van der Waals surface area contributed by atoms with Crippen molar-refractivity contribution < 1.29 is 4.79 Å². The molecule has 3 aliphatic rings. The molecule has 3 heteroatoms. The smallest absolute Gasteiger partial charge is 0.225 e. The van der Waals surface area contributed by atoms with Crippen LogP contribution < -0.4 is 5.73 Å². The van der Waals surface area contributed by atoms with E-state index in [9.17, 15) is 4.79 Å². The third kappa shape index (κ3) is 3.28. The second kappa shape index (κ2) is 6.68. The Morgan fingerprint density at radius 2 is 1.86 bits per heavy atom. The standard InChI is InChI=1S/C18H32N2O/c1-2-3-4-13-5-7-14(8-6-13)18(21)20-11-15-9-10-17(19)16(15)12-20/h13-17H,2-12,19H2,1H3. The normalized spacial score (nSPS) is 39.5. The van der Waals surface area contributed by atoms with Crippen LogP contribution >= 0.6 is 0 Å². The molecule has 21 heavy (non-hydrogen) atoms. The molecule has 0 aromatic rings. The second-order valence-corrected chi connectivity index (χ2v) is 7.77. The zero-order chi connectivity index (χ0) is 14.8.